The molecule has 3 aromatic rings. The molecule has 4 rings (SSSR count). The summed E-state index contributed by atoms with van der Waals surface area (Å²) in [7, 11) is 0. The molecule has 0 spiro atoms. The summed E-state index contributed by atoms with van der Waals surface area (Å²) in [6, 6.07) is 17.4. The minimum Gasteiger partial charge on any atom is -0.462 e. The molecule has 178 valence electrons. The summed E-state index contributed by atoms with van der Waals surface area (Å²) in [4.78, 5) is 51.8. The van der Waals surface area contributed by atoms with Crippen LogP contribution in [-0.4, -0.2) is 30.4 Å². The lowest BCUT2D eigenvalue weighted by atomic mass is 10.1. The number of esters is 2. The van der Waals surface area contributed by atoms with Crippen LogP contribution in [0.4, 0.5) is 5.69 Å². The molecule has 0 aliphatic carbocycles. The van der Waals surface area contributed by atoms with Gasteiger partial charge in [0.1, 0.15) is 5.75 Å². The molecular weight excluding hydrogens is 446 g/mol. The van der Waals surface area contributed by atoms with E-state index in [4.69, 9.17) is 9.47 Å². The van der Waals surface area contributed by atoms with Gasteiger partial charge in [0, 0.05) is 0 Å². The Hall–Kier alpha value is -4.26. The van der Waals surface area contributed by atoms with E-state index in [2.05, 4.69) is 6.92 Å². The lowest BCUT2D eigenvalue weighted by Crippen LogP contribution is -2.29. The maximum absolute atomic E-state index is 13.1. The molecule has 0 aromatic heterocycles. The minimum absolute atomic E-state index is 0.118. The number of imide groups is 1. The van der Waals surface area contributed by atoms with Crippen molar-refractivity contribution in [2.45, 2.75) is 33.1 Å². The number of unbranched alkanes of at least 4 members (excludes halogenated alkanes) is 2. The van der Waals surface area contributed by atoms with Crippen molar-refractivity contribution in [1.82, 2.24) is 0 Å². The van der Waals surface area contributed by atoms with Crippen molar-refractivity contribution in [3.8, 4) is 5.75 Å². The second kappa shape index (κ2) is 10.3. The quantitative estimate of drug-likeness (QED) is 0.190. The van der Waals surface area contributed by atoms with Gasteiger partial charge >= 0.3 is 11.9 Å². The minimum atomic E-state index is -0.628. The fourth-order valence-corrected chi connectivity index (χ4v) is 3.72. The Morgan fingerprint density at radius 2 is 1.43 bits per heavy atom. The number of fused-ring (bicyclic) bond motifs is 1. The van der Waals surface area contributed by atoms with Gasteiger partial charge in [-0.15, -0.1) is 0 Å². The molecule has 0 radical (unpaired) electrons. The van der Waals surface area contributed by atoms with Gasteiger partial charge in [-0.2, -0.15) is 0 Å². The third kappa shape index (κ3) is 5.14. The Balaban J connectivity index is 1.48. The van der Waals surface area contributed by atoms with Gasteiger partial charge in [-0.3, -0.25) is 9.59 Å². The number of hydrogen-bond acceptors (Lipinski definition) is 6. The lowest BCUT2D eigenvalue weighted by Gasteiger charge is -2.14. The Labute approximate surface area is 203 Å². The van der Waals surface area contributed by atoms with Crippen LogP contribution >= 0.6 is 0 Å². The second-order valence-corrected chi connectivity index (χ2v) is 8.30. The Kier molecular flexibility index (Phi) is 7.06. The van der Waals surface area contributed by atoms with Crippen LogP contribution in [-0.2, 0) is 4.74 Å². The molecule has 7 nitrogen and oxygen atoms in total. The molecule has 1 aliphatic heterocycles. The highest BCUT2D eigenvalue weighted by atomic mass is 16.5. The van der Waals surface area contributed by atoms with Gasteiger partial charge in [0.25, 0.3) is 11.8 Å². The predicted molar refractivity (Wildman–Crippen MR) is 130 cm³/mol. The number of amides is 2. The third-order valence-corrected chi connectivity index (χ3v) is 5.70. The van der Waals surface area contributed by atoms with Gasteiger partial charge in [0.05, 0.1) is 34.5 Å². The van der Waals surface area contributed by atoms with Crippen LogP contribution in [0.5, 0.6) is 5.75 Å². The molecule has 1 aliphatic rings. The van der Waals surface area contributed by atoms with E-state index in [-0.39, 0.29) is 16.7 Å². The molecular formula is C28H25NO6. The van der Waals surface area contributed by atoms with Crippen LogP contribution in [0, 0.1) is 6.92 Å². The first-order valence-corrected chi connectivity index (χ1v) is 11.5. The normalized spacial score (nSPS) is 12.5. The summed E-state index contributed by atoms with van der Waals surface area (Å²) in [6.45, 7) is 4.34. The van der Waals surface area contributed by atoms with Crippen molar-refractivity contribution in [3.63, 3.8) is 0 Å². The topological polar surface area (TPSA) is 90.0 Å². The van der Waals surface area contributed by atoms with Gasteiger partial charge in [-0.1, -0.05) is 37.5 Å². The van der Waals surface area contributed by atoms with Gasteiger partial charge < -0.3 is 9.47 Å². The first-order chi connectivity index (χ1) is 16.9. The number of hydrogen-bond donors (Lipinski definition) is 0. The zero-order valence-corrected chi connectivity index (χ0v) is 19.6. The molecule has 0 N–H and O–H groups in total. The van der Waals surface area contributed by atoms with E-state index in [9.17, 15) is 19.2 Å². The third-order valence-electron chi connectivity index (χ3n) is 5.70. The number of benzene rings is 3. The number of carbonyl (C=O) groups excluding carboxylic acids is 4. The largest absolute Gasteiger partial charge is 0.462 e. The van der Waals surface area contributed by atoms with Crippen molar-refractivity contribution in [2.75, 3.05) is 11.5 Å². The van der Waals surface area contributed by atoms with Crippen molar-refractivity contribution in [3.05, 3.63) is 94.5 Å². The number of anilines is 1. The predicted octanol–water partition coefficient (Wildman–Crippen LogP) is 5.36. The van der Waals surface area contributed by atoms with E-state index >= 15 is 0 Å². The van der Waals surface area contributed by atoms with E-state index in [0.717, 1.165) is 29.7 Å². The summed E-state index contributed by atoms with van der Waals surface area (Å²) in [5.41, 5.74) is 2.16. The number of rotatable bonds is 8. The average Bonchev–Trinajstić information content (AvgIpc) is 3.12. The Morgan fingerprint density at radius 3 is 2.11 bits per heavy atom. The van der Waals surface area contributed by atoms with Crippen LogP contribution in [0.3, 0.4) is 0 Å². The summed E-state index contributed by atoms with van der Waals surface area (Å²) >= 11 is 0. The van der Waals surface area contributed by atoms with Crippen molar-refractivity contribution in [2.24, 2.45) is 0 Å². The highest BCUT2D eigenvalue weighted by molar-refractivity contribution is 6.34. The van der Waals surface area contributed by atoms with Crippen LogP contribution < -0.4 is 9.64 Å². The fourth-order valence-electron chi connectivity index (χ4n) is 3.72. The molecule has 7 heteroatoms. The number of aryl methyl sites for hydroxylation is 1. The van der Waals surface area contributed by atoms with Crippen molar-refractivity contribution in [1.29, 1.82) is 0 Å². The van der Waals surface area contributed by atoms with Gasteiger partial charge in [-0.05, 0) is 67.9 Å². The van der Waals surface area contributed by atoms with E-state index in [0.29, 0.717) is 23.6 Å². The van der Waals surface area contributed by atoms with E-state index < -0.39 is 23.8 Å². The van der Waals surface area contributed by atoms with Crippen molar-refractivity contribution >= 4 is 29.4 Å². The first-order valence-electron chi connectivity index (χ1n) is 11.5. The van der Waals surface area contributed by atoms with Gasteiger partial charge in [0.2, 0.25) is 0 Å². The van der Waals surface area contributed by atoms with E-state index in [1.807, 2.05) is 19.1 Å². The van der Waals surface area contributed by atoms with E-state index in [1.54, 1.807) is 12.1 Å². The summed E-state index contributed by atoms with van der Waals surface area (Å²) in [5, 5.41) is 0. The van der Waals surface area contributed by atoms with Crippen LogP contribution in [0.1, 0.15) is 73.2 Å². The molecule has 3 aromatic carbocycles. The standard InChI is InChI=1S/C28H25NO6/c1-3-4-5-16-34-27(32)19-8-11-21(12-9-19)29-25(30)23-15-10-20(17-24(23)26(29)31)28(33)35-22-13-6-18(2)7-14-22/h6-15,17H,3-5,16H2,1-2H3. The fraction of sp³-hybridized carbons (Fsp3) is 0.214. The maximum Gasteiger partial charge on any atom is 0.343 e. The SMILES string of the molecule is CCCCCOC(=O)c1ccc(N2C(=O)c3ccc(C(=O)Oc4ccc(C)cc4)cc3C2=O)cc1. The molecule has 0 bridgehead atoms. The molecule has 0 fully saturated rings. The van der Waals surface area contributed by atoms with Gasteiger partial charge in [0.15, 0.2) is 0 Å². The monoisotopic (exact) mass is 471 g/mol. The second-order valence-electron chi connectivity index (χ2n) is 8.30. The lowest BCUT2D eigenvalue weighted by molar-refractivity contribution is 0.0497. The maximum atomic E-state index is 13.1. The smallest absolute Gasteiger partial charge is 0.343 e. The number of nitrogens with zero attached hydrogens (tertiary/aromatic N) is 1. The molecule has 0 atom stereocenters. The molecule has 0 unspecified atom stereocenters. The van der Waals surface area contributed by atoms with Crippen LogP contribution in [0.2, 0.25) is 0 Å². The Bertz CT molecular complexity index is 1280. The molecule has 1 heterocycles. The molecule has 0 saturated heterocycles. The molecule has 0 saturated carbocycles. The molecule has 2 amide bonds. The Morgan fingerprint density at radius 1 is 0.771 bits per heavy atom. The van der Waals surface area contributed by atoms with Crippen LogP contribution in [0.15, 0.2) is 66.7 Å². The summed E-state index contributed by atoms with van der Waals surface area (Å²) < 4.78 is 10.6. The zero-order chi connectivity index (χ0) is 24.9. The molecule has 35 heavy (non-hydrogen) atoms. The summed E-state index contributed by atoms with van der Waals surface area (Å²) in [6.07, 6.45) is 2.81. The highest BCUT2D eigenvalue weighted by Gasteiger charge is 2.37. The van der Waals surface area contributed by atoms with E-state index in [1.165, 1.54) is 42.5 Å². The van der Waals surface area contributed by atoms with Gasteiger partial charge in [-0.25, -0.2) is 14.5 Å². The van der Waals surface area contributed by atoms with Crippen molar-refractivity contribution < 1.29 is 28.7 Å². The van der Waals surface area contributed by atoms with Crippen LogP contribution in [0.25, 0.3) is 0 Å². The average molecular weight is 472 g/mol. The number of ether oxygens (including phenoxy) is 2. The zero-order valence-electron chi connectivity index (χ0n) is 19.6. The summed E-state index contributed by atoms with van der Waals surface area (Å²) in [5.74, 6) is -1.75. The first kappa shape index (κ1) is 23.9. The highest BCUT2D eigenvalue weighted by Crippen LogP contribution is 2.30. The number of carbonyl (C=O) groups is 4.